The highest BCUT2D eigenvalue weighted by molar-refractivity contribution is 7.47. The number of esters is 2. The zero-order valence-electron chi connectivity index (χ0n) is 38.9. The molecule has 63 heavy (non-hydrogen) atoms. The minimum Gasteiger partial charge on any atom is -0.462 e. The average Bonchev–Trinajstić information content (AvgIpc) is 3.26. The Kier molecular flexibility index (Phi) is 35.5. The molecule has 0 aliphatic heterocycles. The van der Waals surface area contributed by atoms with Crippen molar-refractivity contribution in [2.24, 2.45) is 0 Å². The third kappa shape index (κ3) is 29.7. The van der Waals surface area contributed by atoms with E-state index in [0.717, 1.165) is 70.6 Å². The van der Waals surface area contributed by atoms with Crippen LogP contribution in [0.4, 0.5) is 0 Å². The minimum atomic E-state index is -5.15. The Hall–Kier alpha value is -1.49. The summed E-state index contributed by atoms with van der Waals surface area (Å²) >= 11 is 0. The highest BCUT2D eigenvalue weighted by Gasteiger charge is 2.51. The maximum Gasteiger partial charge on any atom is 0.472 e. The zero-order valence-corrected chi connectivity index (χ0v) is 39.8. The molecule has 0 amide bonds. The second kappa shape index (κ2) is 37.6. The molecule has 0 radical (unpaired) electrons. The number of carbonyl (C=O) groups is 2. The zero-order chi connectivity index (χ0) is 46.7. The first-order chi connectivity index (χ1) is 30.2. The molecule has 372 valence electrons. The fourth-order valence-corrected chi connectivity index (χ4v) is 8.64. The molecule has 1 aliphatic carbocycles. The smallest absolute Gasteiger partial charge is 0.462 e. The van der Waals surface area contributed by atoms with Crippen molar-refractivity contribution < 1.29 is 73.3 Å². The lowest BCUT2D eigenvalue weighted by Crippen LogP contribution is -2.64. The van der Waals surface area contributed by atoms with Crippen LogP contribution in [-0.4, -0.2) is 121 Å². The van der Waals surface area contributed by atoms with Gasteiger partial charge in [-0.2, -0.15) is 0 Å². The molecule has 3 unspecified atom stereocenters. The third-order valence-electron chi connectivity index (χ3n) is 11.8. The summed E-state index contributed by atoms with van der Waals surface area (Å²) in [5.41, 5.74) is 0. The molecule has 0 heterocycles. The van der Waals surface area contributed by atoms with E-state index in [2.05, 4.69) is 19.9 Å². The van der Waals surface area contributed by atoms with E-state index < -0.39 is 87.9 Å². The Morgan fingerprint density at radius 3 is 1.48 bits per heavy atom. The van der Waals surface area contributed by atoms with E-state index in [4.69, 9.17) is 18.5 Å². The van der Waals surface area contributed by atoms with Gasteiger partial charge in [0.05, 0.1) is 18.8 Å². The van der Waals surface area contributed by atoms with Gasteiger partial charge in [-0.1, -0.05) is 167 Å². The maximum absolute atomic E-state index is 12.8. The number of hydrogen-bond donors (Lipinski definition) is 8. The Morgan fingerprint density at radius 1 is 0.540 bits per heavy atom. The lowest BCUT2D eigenvalue weighted by Gasteiger charge is -2.41. The first-order valence-corrected chi connectivity index (χ1v) is 26.2. The number of phosphoric ester groups is 1. The average molecular weight is 925 g/mol. The van der Waals surface area contributed by atoms with Crippen molar-refractivity contribution in [3.05, 3.63) is 12.2 Å². The quantitative estimate of drug-likeness (QED) is 0.0126. The summed E-state index contributed by atoms with van der Waals surface area (Å²) in [7, 11) is -5.15. The number of ether oxygens (including phenoxy) is 2. The first-order valence-electron chi connectivity index (χ1n) is 24.7. The molecule has 8 N–H and O–H groups in total. The predicted molar refractivity (Wildman–Crippen MR) is 243 cm³/mol. The third-order valence-corrected chi connectivity index (χ3v) is 12.8. The second-order valence-corrected chi connectivity index (χ2v) is 19.0. The van der Waals surface area contributed by atoms with Gasteiger partial charge in [-0.3, -0.25) is 18.6 Å². The number of carbonyl (C=O) groups excluding carboxylic acids is 2. The molecule has 1 rings (SSSR count). The second-order valence-electron chi connectivity index (χ2n) is 17.6. The molecule has 1 fully saturated rings. The molecule has 0 bridgehead atoms. The van der Waals surface area contributed by atoms with Crippen LogP contribution in [0.15, 0.2) is 12.2 Å². The molecule has 16 heteroatoms. The molecule has 15 nitrogen and oxygen atoms in total. The van der Waals surface area contributed by atoms with Crippen molar-refractivity contribution in [2.45, 2.75) is 261 Å². The van der Waals surface area contributed by atoms with E-state index >= 15 is 0 Å². The summed E-state index contributed by atoms with van der Waals surface area (Å²) in [6, 6.07) is 0. The standard InChI is InChI=1S/C47H89O15P/c1-3-5-7-9-11-12-13-14-15-16-17-18-19-20-21-25-30-34-41(51)61-37(36-60-63(57,58)62-47-45(55)43(53)42(52)44(54)46(47)56)35-59-40(50)33-29-26-22-24-28-32-39(49)38(48)31-27-23-10-8-6-4-2/h23,27,37-39,42-49,52-56H,3-22,24-26,28-36H2,1-2H3,(H,57,58)/b27-23-/t37-,38-,39-,42?,43-,44+,45-,46-,47?/m1/s1. The van der Waals surface area contributed by atoms with Crippen LogP contribution in [-0.2, 0) is 32.7 Å². The number of phosphoric acid groups is 1. The van der Waals surface area contributed by atoms with Crippen molar-refractivity contribution in [1.29, 1.82) is 0 Å². The van der Waals surface area contributed by atoms with E-state index in [9.17, 15) is 54.8 Å². The van der Waals surface area contributed by atoms with Gasteiger partial charge in [0.25, 0.3) is 0 Å². The Morgan fingerprint density at radius 2 is 0.968 bits per heavy atom. The van der Waals surface area contributed by atoms with Crippen LogP contribution in [0.5, 0.6) is 0 Å². The van der Waals surface area contributed by atoms with Gasteiger partial charge in [0.1, 0.15) is 43.2 Å². The van der Waals surface area contributed by atoms with Gasteiger partial charge in [0, 0.05) is 12.8 Å². The highest BCUT2D eigenvalue weighted by atomic mass is 31.2. The van der Waals surface area contributed by atoms with E-state index in [1.807, 2.05) is 6.08 Å². The Balaban J connectivity index is 2.47. The van der Waals surface area contributed by atoms with Crippen molar-refractivity contribution in [3.8, 4) is 0 Å². The topological polar surface area (TPSA) is 250 Å². The summed E-state index contributed by atoms with van der Waals surface area (Å²) in [4.78, 5) is 35.8. The number of hydrogen-bond acceptors (Lipinski definition) is 14. The van der Waals surface area contributed by atoms with Crippen LogP contribution in [0.25, 0.3) is 0 Å². The van der Waals surface area contributed by atoms with Crippen LogP contribution in [0.3, 0.4) is 0 Å². The van der Waals surface area contributed by atoms with Gasteiger partial charge >= 0.3 is 19.8 Å². The van der Waals surface area contributed by atoms with Crippen LogP contribution < -0.4 is 0 Å². The summed E-state index contributed by atoms with van der Waals surface area (Å²) < 4.78 is 33.5. The van der Waals surface area contributed by atoms with Crippen molar-refractivity contribution >= 4 is 19.8 Å². The summed E-state index contributed by atoms with van der Waals surface area (Å²) in [6.45, 7) is 3.13. The Labute approximate surface area is 379 Å². The SMILES string of the molecule is CCCCC/C=C\C[C@@H](O)[C@H](O)CCCCCCCC(=O)OC[C@H](COP(=O)(O)OC1[C@H](O)[C@H](O)C(O)[C@H](O)[C@H]1O)OC(=O)CCCCCCCCCCCCCCCCCCC. The summed E-state index contributed by atoms with van der Waals surface area (Å²) in [5.74, 6) is -1.20. The lowest BCUT2D eigenvalue weighted by molar-refractivity contribution is -0.220. The number of allylic oxidation sites excluding steroid dienone is 1. The maximum atomic E-state index is 12.8. The molecule has 10 atom stereocenters. The fourth-order valence-electron chi connectivity index (χ4n) is 7.66. The van der Waals surface area contributed by atoms with E-state index in [1.54, 1.807) is 0 Å². The molecule has 0 aromatic heterocycles. The molecule has 0 spiro atoms. The van der Waals surface area contributed by atoms with Gasteiger partial charge in [-0.05, 0) is 38.5 Å². The number of aliphatic hydroxyl groups excluding tert-OH is 7. The molecule has 0 aromatic carbocycles. The largest absolute Gasteiger partial charge is 0.472 e. The van der Waals surface area contributed by atoms with Crippen molar-refractivity contribution in [3.63, 3.8) is 0 Å². The predicted octanol–water partition coefficient (Wildman–Crippen LogP) is 7.78. The summed E-state index contributed by atoms with van der Waals surface area (Å²) in [5, 5.41) is 70.7. The van der Waals surface area contributed by atoms with Crippen molar-refractivity contribution in [1.82, 2.24) is 0 Å². The molecule has 0 aromatic rings. The normalized spacial score (nSPS) is 22.8. The van der Waals surface area contributed by atoms with Crippen LogP contribution in [0, 0.1) is 0 Å². The molecular weight excluding hydrogens is 835 g/mol. The van der Waals surface area contributed by atoms with Gasteiger partial charge < -0.3 is 50.1 Å². The van der Waals surface area contributed by atoms with Crippen LogP contribution in [0.2, 0.25) is 0 Å². The monoisotopic (exact) mass is 925 g/mol. The van der Waals surface area contributed by atoms with Crippen LogP contribution >= 0.6 is 7.82 Å². The Bertz CT molecular complexity index is 1190. The van der Waals surface area contributed by atoms with E-state index in [-0.39, 0.29) is 12.8 Å². The molecule has 1 saturated carbocycles. The number of aliphatic hydroxyl groups is 7. The first kappa shape index (κ1) is 59.5. The van der Waals surface area contributed by atoms with E-state index in [0.29, 0.717) is 25.7 Å². The van der Waals surface area contributed by atoms with E-state index in [1.165, 1.54) is 83.5 Å². The lowest BCUT2D eigenvalue weighted by atomic mass is 9.85. The molecule has 0 saturated heterocycles. The minimum absolute atomic E-state index is 0.0705. The highest BCUT2D eigenvalue weighted by Crippen LogP contribution is 2.47. The number of unbranched alkanes of at least 4 members (excludes halogenated alkanes) is 23. The van der Waals surface area contributed by atoms with Crippen LogP contribution in [0.1, 0.15) is 206 Å². The summed E-state index contributed by atoms with van der Waals surface area (Å²) in [6.07, 6.45) is 18.4. The van der Waals surface area contributed by atoms with Gasteiger partial charge in [-0.25, -0.2) is 4.57 Å². The molecule has 1 aliphatic rings. The van der Waals surface area contributed by atoms with Gasteiger partial charge in [-0.15, -0.1) is 0 Å². The van der Waals surface area contributed by atoms with Gasteiger partial charge in [0.15, 0.2) is 6.10 Å². The van der Waals surface area contributed by atoms with Crippen molar-refractivity contribution in [2.75, 3.05) is 13.2 Å². The van der Waals surface area contributed by atoms with Gasteiger partial charge in [0.2, 0.25) is 0 Å². The fraction of sp³-hybridized carbons (Fsp3) is 0.915. The number of rotatable bonds is 41. The molecular formula is C47H89O15P.